The number of esters is 1. The summed E-state index contributed by atoms with van der Waals surface area (Å²) in [6.07, 6.45) is -9.80. The lowest BCUT2D eigenvalue weighted by atomic mass is 10.0. The second-order valence-corrected chi connectivity index (χ2v) is 3.52. The van der Waals surface area contributed by atoms with Crippen LogP contribution in [0.15, 0.2) is 0 Å². The minimum absolute atomic E-state index is 0.0819. The lowest BCUT2D eigenvalue weighted by molar-refractivity contribution is -0.172. The first-order chi connectivity index (χ1) is 8.34. The van der Waals surface area contributed by atoms with Crippen LogP contribution in [0.3, 0.4) is 0 Å². The zero-order valence-corrected chi connectivity index (χ0v) is 9.29. The zero-order chi connectivity index (χ0) is 14.3. The van der Waals surface area contributed by atoms with Gasteiger partial charge in [-0.2, -0.15) is 0 Å². The summed E-state index contributed by atoms with van der Waals surface area (Å²) in [5, 5.41) is 53.8. The maximum atomic E-state index is 11.1. The Bertz CT molecular complexity index is 269. The Kier molecular flexibility index (Phi) is 7.59. The van der Waals surface area contributed by atoms with Gasteiger partial charge < -0.3 is 40.2 Å². The highest BCUT2D eigenvalue weighted by molar-refractivity contribution is 5.75. The molecular formula is C9H16O9. The van der Waals surface area contributed by atoms with Gasteiger partial charge in [-0.05, 0) is 0 Å². The van der Waals surface area contributed by atoms with Gasteiger partial charge in [0.2, 0.25) is 0 Å². The van der Waals surface area contributed by atoms with Crippen molar-refractivity contribution in [2.75, 3.05) is 13.2 Å². The predicted octanol–water partition coefficient (Wildman–Crippen LogP) is -4.47. The highest BCUT2D eigenvalue weighted by Gasteiger charge is 2.35. The van der Waals surface area contributed by atoms with E-state index < -0.39 is 49.7 Å². The molecule has 0 saturated carbocycles. The van der Waals surface area contributed by atoms with Crippen LogP contribution < -0.4 is 0 Å². The molecule has 0 aromatic rings. The van der Waals surface area contributed by atoms with Gasteiger partial charge in [0.15, 0.2) is 12.4 Å². The molecule has 5 atom stereocenters. The second-order valence-electron chi connectivity index (χ2n) is 3.52. The summed E-state index contributed by atoms with van der Waals surface area (Å²) in [5.74, 6) is -1.38. The molecule has 0 amide bonds. The van der Waals surface area contributed by atoms with E-state index >= 15 is 0 Å². The normalized spacial score (nSPS) is 19.4. The van der Waals surface area contributed by atoms with Gasteiger partial charge in [-0.1, -0.05) is 0 Å². The van der Waals surface area contributed by atoms with Gasteiger partial charge in [0.1, 0.15) is 31.0 Å². The van der Waals surface area contributed by atoms with Crippen LogP contribution >= 0.6 is 0 Å². The smallest absolute Gasteiger partial charge is 0.337 e. The molecule has 1 unspecified atom stereocenters. The van der Waals surface area contributed by atoms with Gasteiger partial charge in [0.25, 0.3) is 0 Å². The summed E-state index contributed by atoms with van der Waals surface area (Å²) >= 11 is 0. The van der Waals surface area contributed by atoms with Crippen molar-refractivity contribution in [2.24, 2.45) is 0 Å². The molecule has 106 valence electrons. The van der Waals surface area contributed by atoms with Crippen molar-refractivity contribution in [3.05, 3.63) is 0 Å². The quantitative estimate of drug-likeness (QED) is 0.188. The fourth-order valence-corrected chi connectivity index (χ4v) is 0.925. The summed E-state index contributed by atoms with van der Waals surface area (Å²) in [6, 6.07) is 0. The number of hydrogen-bond acceptors (Lipinski definition) is 9. The first-order valence-corrected chi connectivity index (χ1v) is 4.98. The number of ether oxygens (including phenoxy) is 1. The predicted molar refractivity (Wildman–Crippen MR) is 54.1 cm³/mol. The van der Waals surface area contributed by atoms with E-state index in [4.69, 9.17) is 20.4 Å². The van der Waals surface area contributed by atoms with E-state index in [9.17, 15) is 19.8 Å². The van der Waals surface area contributed by atoms with E-state index in [2.05, 4.69) is 4.74 Å². The van der Waals surface area contributed by atoms with Gasteiger partial charge in [0.05, 0.1) is 6.61 Å². The Morgan fingerprint density at radius 3 is 2.11 bits per heavy atom. The van der Waals surface area contributed by atoms with Gasteiger partial charge in [-0.3, -0.25) is 0 Å². The number of aldehydes is 1. The van der Waals surface area contributed by atoms with E-state index in [1.165, 1.54) is 0 Å². The Morgan fingerprint density at radius 2 is 1.67 bits per heavy atom. The van der Waals surface area contributed by atoms with E-state index in [1.807, 2.05) is 0 Å². The van der Waals surface area contributed by atoms with Crippen molar-refractivity contribution >= 4 is 12.3 Å². The van der Waals surface area contributed by atoms with Gasteiger partial charge >= 0.3 is 5.97 Å². The maximum Gasteiger partial charge on any atom is 0.337 e. The number of hydrogen-bond donors (Lipinski definition) is 6. The highest BCUT2D eigenvalue weighted by atomic mass is 16.6. The topological polar surface area (TPSA) is 165 Å². The molecule has 0 aliphatic rings. The van der Waals surface area contributed by atoms with Crippen molar-refractivity contribution in [1.29, 1.82) is 0 Å². The van der Waals surface area contributed by atoms with E-state index in [1.54, 1.807) is 0 Å². The second kappa shape index (κ2) is 8.08. The molecule has 0 fully saturated rings. The van der Waals surface area contributed by atoms with Crippen LogP contribution in [0.4, 0.5) is 0 Å². The van der Waals surface area contributed by atoms with Crippen molar-refractivity contribution in [3.8, 4) is 0 Å². The van der Waals surface area contributed by atoms with Crippen molar-refractivity contribution < 1.29 is 45.0 Å². The van der Waals surface area contributed by atoms with Gasteiger partial charge in [-0.25, -0.2) is 4.79 Å². The lowest BCUT2D eigenvalue weighted by Crippen LogP contribution is -2.48. The first kappa shape index (κ1) is 16.9. The molecular weight excluding hydrogens is 252 g/mol. The van der Waals surface area contributed by atoms with Crippen LogP contribution in [0, 0.1) is 0 Å². The molecule has 0 aliphatic heterocycles. The number of carbonyl (C=O) groups is 2. The fourth-order valence-electron chi connectivity index (χ4n) is 0.925. The molecule has 6 N–H and O–H groups in total. The van der Waals surface area contributed by atoms with Gasteiger partial charge in [-0.15, -0.1) is 0 Å². The van der Waals surface area contributed by atoms with Crippen LogP contribution in [0.25, 0.3) is 0 Å². The number of carbonyl (C=O) groups excluding carboxylic acids is 2. The number of aliphatic hydroxyl groups excluding tert-OH is 6. The molecule has 18 heavy (non-hydrogen) atoms. The maximum absolute atomic E-state index is 11.1. The molecule has 9 heteroatoms. The van der Waals surface area contributed by atoms with Crippen molar-refractivity contribution in [3.63, 3.8) is 0 Å². The van der Waals surface area contributed by atoms with E-state index in [0.29, 0.717) is 0 Å². The molecule has 9 nitrogen and oxygen atoms in total. The van der Waals surface area contributed by atoms with Crippen molar-refractivity contribution in [1.82, 2.24) is 0 Å². The van der Waals surface area contributed by atoms with E-state index in [-0.39, 0.29) is 6.29 Å². The average molecular weight is 268 g/mol. The Labute approximate surface area is 102 Å². The molecule has 0 aromatic carbocycles. The Balaban J connectivity index is 4.31. The zero-order valence-electron chi connectivity index (χ0n) is 9.29. The van der Waals surface area contributed by atoms with Gasteiger partial charge in [0, 0.05) is 0 Å². The summed E-state index contributed by atoms with van der Waals surface area (Å²) in [5.41, 5.74) is 0. The van der Waals surface area contributed by atoms with Crippen LogP contribution in [0.2, 0.25) is 0 Å². The van der Waals surface area contributed by atoms with E-state index in [0.717, 1.165) is 0 Å². The standard InChI is InChI=1S/C9H16O9/c10-1-4(12)3-18-9(17)8(16)7(15)6(14)5(13)2-11/h2,4-8,10,12-16H,1,3H2/t4?,5-,6+,7+,8-/m0/s1. The Morgan fingerprint density at radius 1 is 1.11 bits per heavy atom. The monoisotopic (exact) mass is 268 g/mol. The molecule has 0 aliphatic carbocycles. The molecule has 0 bridgehead atoms. The van der Waals surface area contributed by atoms with Crippen LogP contribution in [0.5, 0.6) is 0 Å². The largest absolute Gasteiger partial charge is 0.461 e. The summed E-state index contributed by atoms with van der Waals surface area (Å²) in [6.45, 7) is -1.29. The third-order valence-electron chi connectivity index (χ3n) is 2.03. The third-order valence-corrected chi connectivity index (χ3v) is 2.03. The minimum Gasteiger partial charge on any atom is -0.461 e. The summed E-state index contributed by atoms with van der Waals surface area (Å²) in [7, 11) is 0. The molecule has 0 saturated heterocycles. The van der Waals surface area contributed by atoms with Crippen LogP contribution in [-0.4, -0.2) is 86.6 Å². The average Bonchev–Trinajstić information content (AvgIpc) is 2.40. The highest BCUT2D eigenvalue weighted by Crippen LogP contribution is 2.06. The number of aliphatic hydroxyl groups is 6. The molecule has 0 aromatic heterocycles. The fraction of sp³-hybridized carbons (Fsp3) is 0.778. The SMILES string of the molecule is O=C[C@H](O)[C@@H](O)[C@@H](O)[C@H](O)C(=O)OCC(O)CO. The molecule has 0 spiro atoms. The molecule has 0 heterocycles. The third kappa shape index (κ3) is 5.04. The molecule has 0 rings (SSSR count). The number of rotatable bonds is 8. The summed E-state index contributed by atoms with van der Waals surface area (Å²) < 4.78 is 4.30. The first-order valence-electron chi connectivity index (χ1n) is 4.98. The van der Waals surface area contributed by atoms with Crippen molar-refractivity contribution in [2.45, 2.75) is 30.5 Å². The minimum atomic E-state index is -2.21. The Hall–Kier alpha value is -1.10. The lowest BCUT2D eigenvalue weighted by Gasteiger charge is -2.23. The molecule has 0 radical (unpaired) electrons. The summed E-state index contributed by atoms with van der Waals surface area (Å²) in [4.78, 5) is 21.2. The van der Waals surface area contributed by atoms with Crippen LogP contribution in [-0.2, 0) is 14.3 Å². The van der Waals surface area contributed by atoms with Crippen LogP contribution in [0.1, 0.15) is 0 Å².